The van der Waals surface area contributed by atoms with Crippen LogP contribution >= 0.6 is 11.6 Å². The number of rotatable bonds is 5. The Bertz CT molecular complexity index is 1120. The molecular weight excluding hydrogens is 459 g/mol. The summed E-state index contributed by atoms with van der Waals surface area (Å²) >= 11 is 5.59. The smallest absolute Gasteiger partial charge is 0.336 e. The van der Waals surface area contributed by atoms with Gasteiger partial charge in [0.05, 0.1) is 29.6 Å². The summed E-state index contributed by atoms with van der Waals surface area (Å²) in [5.41, 5.74) is 0.532. The van der Waals surface area contributed by atoms with Gasteiger partial charge in [0.1, 0.15) is 0 Å². The normalized spacial score (nSPS) is 15.1. The number of likely N-dealkylation sites (N-methyl/N-ethyl adjacent to an activating group) is 1. The summed E-state index contributed by atoms with van der Waals surface area (Å²) in [6.45, 7) is 1.02. The number of fused-ring (bicyclic) bond motifs is 1. The van der Waals surface area contributed by atoms with Crippen molar-refractivity contribution in [3.05, 3.63) is 70.4 Å². The maximum absolute atomic E-state index is 13.0. The number of carbonyl (C=O) groups excluding carboxylic acids is 3. The molecule has 33 heavy (non-hydrogen) atoms. The predicted octanol–water partition coefficient (Wildman–Crippen LogP) is 4.72. The molecule has 2 aromatic carbocycles. The first kappa shape index (κ1) is 24.3. The molecule has 3 amide bonds. The highest BCUT2D eigenvalue weighted by Crippen LogP contribution is 2.36. The molecule has 6 nitrogen and oxygen atoms in total. The van der Waals surface area contributed by atoms with Crippen molar-refractivity contribution in [1.29, 1.82) is 0 Å². The van der Waals surface area contributed by atoms with E-state index in [1.165, 1.54) is 24.9 Å². The Hall–Kier alpha value is -3.33. The summed E-state index contributed by atoms with van der Waals surface area (Å²) < 4.78 is 39.0. The maximum atomic E-state index is 13.0. The van der Waals surface area contributed by atoms with Crippen molar-refractivity contribution in [2.75, 3.05) is 18.9 Å². The van der Waals surface area contributed by atoms with E-state index in [2.05, 4.69) is 5.32 Å². The second-order valence-corrected chi connectivity index (χ2v) is 7.99. The van der Waals surface area contributed by atoms with Crippen LogP contribution in [0.3, 0.4) is 0 Å². The number of hydrogen-bond donors (Lipinski definition) is 1. The maximum Gasteiger partial charge on any atom is 0.417 e. The van der Waals surface area contributed by atoms with Crippen LogP contribution in [0.15, 0.2) is 48.7 Å². The monoisotopic (exact) mass is 479 g/mol. The van der Waals surface area contributed by atoms with E-state index in [0.717, 1.165) is 28.2 Å². The van der Waals surface area contributed by atoms with E-state index in [1.807, 2.05) is 24.3 Å². The fourth-order valence-corrected chi connectivity index (χ4v) is 3.78. The minimum atomic E-state index is -4.67. The number of nitrogens with one attached hydrogen (secondary N) is 1. The Morgan fingerprint density at radius 2 is 1.85 bits per heavy atom. The zero-order valence-corrected chi connectivity index (χ0v) is 18.6. The van der Waals surface area contributed by atoms with Crippen molar-refractivity contribution < 1.29 is 27.6 Å². The number of anilines is 1. The molecule has 0 aromatic heterocycles. The third-order valence-corrected chi connectivity index (χ3v) is 5.53. The molecule has 2 aromatic rings. The van der Waals surface area contributed by atoms with Crippen LogP contribution in [0.1, 0.15) is 36.1 Å². The first-order chi connectivity index (χ1) is 15.5. The molecule has 0 fully saturated rings. The van der Waals surface area contributed by atoms with Crippen molar-refractivity contribution in [3.8, 4) is 0 Å². The van der Waals surface area contributed by atoms with Gasteiger partial charge in [-0.25, -0.2) is 0 Å². The third kappa shape index (κ3) is 5.73. The molecule has 0 saturated carbocycles. The minimum absolute atomic E-state index is 0.0656. The van der Waals surface area contributed by atoms with Gasteiger partial charge in [0, 0.05) is 25.9 Å². The number of benzene rings is 2. The van der Waals surface area contributed by atoms with Crippen LogP contribution in [0, 0.1) is 0 Å². The lowest BCUT2D eigenvalue weighted by Crippen LogP contribution is -2.39. The second kappa shape index (κ2) is 9.66. The molecule has 1 aliphatic heterocycles. The van der Waals surface area contributed by atoms with E-state index < -0.39 is 34.6 Å². The van der Waals surface area contributed by atoms with Gasteiger partial charge in [-0.15, -0.1) is 0 Å². The largest absolute Gasteiger partial charge is 0.417 e. The van der Waals surface area contributed by atoms with Crippen molar-refractivity contribution in [2.45, 2.75) is 25.6 Å². The Morgan fingerprint density at radius 3 is 2.52 bits per heavy atom. The zero-order chi connectivity index (χ0) is 24.3. The summed E-state index contributed by atoms with van der Waals surface area (Å²) in [5.74, 6) is -1.31. The van der Waals surface area contributed by atoms with Gasteiger partial charge in [-0.3, -0.25) is 14.4 Å². The highest BCUT2D eigenvalue weighted by Gasteiger charge is 2.33. The van der Waals surface area contributed by atoms with Crippen molar-refractivity contribution >= 4 is 41.1 Å². The third-order valence-electron chi connectivity index (χ3n) is 5.20. The number of halogens is 4. The predicted molar refractivity (Wildman–Crippen MR) is 118 cm³/mol. The van der Waals surface area contributed by atoms with Crippen LogP contribution in [-0.2, 0) is 20.6 Å². The number of carbonyl (C=O) groups is 3. The number of nitrogens with zero attached hydrogens (tertiary/aromatic N) is 2. The van der Waals surface area contributed by atoms with Gasteiger partial charge in [-0.1, -0.05) is 35.9 Å². The average molecular weight is 480 g/mol. The van der Waals surface area contributed by atoms with Crippen LogP contribution in [-0.4, -0.2) is 41.1 Å². The Kier molecular flexibility index (Phi) is 7.12. The number of amides is 3. The Morgan fingerprint density at radius 1 is 1.15 bits per heavy atom. The van der Waals surface area contributed by atoms with E-state index >= 15 is 0 Å². The Balaban J connectivity index is 1.67. The van der Waals surface area contributed by atoms with Crippen LogP contribution in [0.2, 0.25) is 5.02 Å². The van der Waals surface area contributed by atoms with Crippen LogP contribution < -0.4 is 5.32 Å². The topological polar surface area (TPSA) is 69.7 Å². The summed E-state index contributed by atoms with van der Waals surface area (Å²) in [6, 6.07) is 9.85. The lowest BCUT2D eigenvalue weighted by Gasteiger charge is -2.33. The van der Waals surface area contributed by atoms with E-state index in [1.54, 1.807) is 12.3 Å². The molecule has 0 saturated heterocycles. The zero-order valence-electron chi connectivity index (χ0n) is 17.8. The molecule has 0 radical (unpaired) electrons. The first-order valence-corrected chi connectivity index (χ1v) is 10.3. The van der Waals surface area contributed by atoms with Gasteiger partial charge in [0.2, 0.25) is 17.7 Å². The molecule has 1 atom stereocenters. The molecule has 0 aliphatic carbocycles. The first-order valence-electron chi connectivity index (χ1n) is 9.94. The van der Waals surface area contributed by atoms with Crippen LogP contribution in [0.5, 0.6) is 0 Å². The molecule has 1 N–H and O–H groups in total. The standard InChI is InChI=1S/C23H21ClF3N3O3/c1-14(31)30-10-9-15-5-3-4-6-17(15)20(30)12-22(33)29(2)13-21(32)28-16-7-8-19(24)18(11-16)23(25,26)27/h3-11,20H,12-13H2,1-2H3,(H,28,32). The number of alkyl halides is 3. The van der Waals surface area contributed by atoms with Crippen molar-refractivity contribution in [3.63, 3.8) is 0 Å². The highest BCUT2D eigenvalue weighted by atomic mass is 35.5. The van der Waals surface area contributed by atoms with Crippen molar-refractivity contribution in [2.24, 2.45) is 0 Å². The summed E-state index contributed by atoms with van der Waals surface area (Å²) in [5, 5.41) is 1.86. The molecule has 1 aliphatic rings. The van der Waals surface area contributed by atoms with Gasteiger partial charge in [-0.2, -0.15) is 13.2 Å². The fourth-order valence-electron chi connectivity index (χ4n) is 3.56. The Labute approximate surface area is 193 Å². The summed E-state index contributed by atoms with van der Waals surface area (Å²) in [7, 11) is 1.41. The highest BCUT2D eigenvalue weighted by molar-refractivity contribution is 6.31. The molecule has 10 heteroatoms. The molecule has 0 spiro atoms. The quantitative estimate of drug-likeness (QED) is 0.674. The SMILES string of the molecule is CC(=O)N1C=Cc2ccccc2C1CC(=O)N(C)CC(=O)Nc1ccc(Cl)c(C(F)(F)F)c1. The van der Waals surface area contributed by atoms with E-state index in [9.17, 15) is 27.6 Å². The lowest BCUT2D eigenvalue weighted by atomic mass is 9.93. The van der Waals surface area contributed by atoms with Gasteiger partial charge < -0.3 is 15.1 Å². The number of hydrogen-bond acceptors (Lipinski definition) is 3. The second-order valence-electron chi connectivity index (χ2n) is 7.58. The fraction of sp³-hybridized carbons (Fsp3) is 0.261. The van der Waals surface area contributed by atoms with E-state index in [4.69, 9.17) is 11.6 Å². The summed E-state index contributed by atoms with van der Waals surface area (Å²) in [4.78, 5) is 39.9. The molecule has 0 bridgehead atoms. The average Bonchev–Trinajstić information content (AvgIpc) is 2.74. The molecule has 1 unspecified atom stereocenters. The van der Waals surface area contributed by atoms with Gasteiger partial charge in [0.25, 0.3) is 0 Å². The van der Waals surface area contributed by atoms with Gasteiger partial charge >= 0.3 is 6.18 Å². The van der Waals surface area contributed by atoms with Gasteiger partial charge in [-0.05, 0) is 35.4 Å². The van der Waals surface area contributed by atoms with Crippen LogP contribution in [0.25, 0.3) is 6.08 Å². The molecular formula is C23H21ClF3N3O3. The minimum Gasteiger partial charge on any atom is -0.336 e. The molecule has 174 valence electrons. The van der Waals surface area contributed by atoms with E-state index in [0.29, 0.717) is 0 Å². The van der Waals surface area contributed by atoms with E-state index in [-0.39, 0.29) is 24.6 Å². The summed E-state index contributed by atoms with van der Waals surface area (Å²) in [6.07, 6.45) is -1.33. The molecule has 1 heterocycles. The van der Waals surface area contributed by atoms with Crippen molar-refractivity contribution in [1.82, 2.24) is 9.80 Å². The van der Waals surface area contributed by atoms with Crippen LogP contribution in [0.4, 0.5) is 18.9 Å². The van der Waals surface area contributed by atoms with Gasteiger partial charge in [0.15, 0.2) is 0 Å². The lowest BCUT2D eigenvalue weighted by molar-refractivity contribution is -0.137. The molecule has 3 rings (SSSR count).